The maximum absolute atomic E-state index is 12.2. The molecule has 2 saturated heterocycles. The Bertz CT molecular complexity index is 468. The number of ether oxygens (including phenoxy) is 1. The van der Waals surface area contributed by atoms with Gasteiger partial charge in [-0.15, -0.1) is 0 Å². The molecule has 2 amide bonds. The molecule has 0 aromatic rings. The minimum absolute atomic E-state index is 0.0608. The number of nitrogens with zero attached hydrogens (tertiary/aromatic N) is 2. The van der Waals surface area contributed by atoms with Crippen LogP contribution in [0.15, 0.2) is 0 Å². The molecule has 8 nitrogen and oxygen atoms in total. The average Bonchev–Trinajstić information content (AvgIpc) is 2.47. The molecule has 1 atom stereocenters. The van der Waals surface area contributed by atoms with Crippen molar-refractivity contribution in [1.82, 2.24) is 19.2 Å². The molecule has 128 valence electrons. The van der Waals surface area contributed by atoms with Gasteiger partial charge in [0.2, 0.25) is 0 Å². The quantitative estimate of drug-likeness (QED) is 0.741. The lowest BCUT2D eigenvalue weighted by Crippen LogP contribution is -2.57. The molecule has 0 unspecified atom stereocenters. The molecule has 22 heavy (non-hydrogen) atoms. The van der Waals surface area contributed by atoms with Crippen LogP contribution < -0.4 is 10.0 Å². The van der Waals surface area contributed by atoms with E-state index in [2.05, 4.69) is 10.0 Å². The van der Waals surface area contributed by atoms with Crippen molar-refractivity contribution in [2.45, 2.75) is 38.8 Å². The van der Waals surface area contributed by atoms with Crippen LogP contribution in [0.5, 0.6) is 0 Å². The zero-order valence-corrected chi connectivity index (χ0v) is 14.1. The standard InChI is InChI=1S/C13H26N4O4S/c1-11(2)15-22(19,20)17-7-5-16(6-8-17)13(18)14-12-4-3-9-21-10-12/h11-12,15H,3-10H2,1-2H3,(H,14,18)/t12-/m0/s1. The number of urea groups is 1. The zero-order valence-electron chi connectivity index (χ0n) is 13.2. The molecule has 2 aliphatic rings. The predicted octanol–water partition coefficient (Wildman–Crippen LogP) is -0.265. The van der Waals surface area contributed by atoms with Gasteiger partial charge >= 0.3 is 6.03 Å². The lowest BCUT2D eigenvalue weighted by atomic mass is 10.1. The van der Waals surface area contributed by atoms with Crippen molar-refractivity contribution in [2.75, 3.05) is 39.4 Å². The van der Waals surface area contributed by atoms with E-state index in [9.17, 15) is 13.2 Å². The Kier molecular flexibility index (Phi) is 6.01. The summed E-state index contributed by atoms with van der Waals surface area (Å²) in [5.74, 6) is 0. The molecule has 0 aromatic heterocycles. The molecule has 2 fully saturated rings. The van der Waals surface area contributed by atoms with E-state index in [0.29, 0.717) is 32.8 Å². The number of hydrogen-bond donors (Lipinski definition) is 2. The summed E-state index contributed by atoms with van der Waals surface area (Å²) in [4.78, 5) is 13.8. The van der Waals surface area contributed by atoms with Crippen LogP contribution in [0.25, 0.3) is 0 Å². The predicted molar refractivity (Wildman–Crippen MR) is 82.7 cm³/mol. The molecule has 0 aliphatic carbocycles. The Balaban J connectivity index is 1.80. The van der Waals surface area contributed by atoms with E-state index in [0.717, 1.165) is 19.4 Å². The normalized spacial score (nSPS) is 24.5. The van der Waals surface area contributed by atoms with Gasteiger partial charge in [0.05, 0.1) is 12.6 Å². The van der Waals surface area contributed by atoms with E-state index >= 15 is 0 Å². The average molecular weight is 334 g/mol. The second kappa shape index (κ2) is 7.58. The van der Waals surface area contributed by atoms with Gasteiger partial charge in [0.15, 0.2) is 0 Å². The van der Waals surface area contributed by atoms with Crippen LogP contribution in [0, 0.1) is 0 Å². The summed E-state index contributed by atoms with van der Waals surface area (Å²) in [5.41, 5.74) is 0. The highest BCUT2D eigenvalue weighted by atomic mass is 32.2. The van der Waals surface area contributed by atoms with Crippen molar-refractivity contribution in [3.63, 3.8) is 0 Å². The molecule has 2 aliphatic heterocycles. The van der Waals surface area contributed by atoms with E-state index in [4.69, 9.17) is 4.74 Å². The number of piperazine rings is 1. The summed E-state index contributed by atoms with van der Waals surface area (Å²) >= 11 is 0. The second-order valence-electron chi connectivity index (χ2n) is 6.03. The van der Waals surface area contributed by atoms with Crippen molar-refractivity contribution in [2.24, 2.45) is 0 Å². The molecule has 2 N–H and O–H groups in total. The Morgan fingerprint density at radius 2 is 1.91 bits per heavy atom. The minimum Gasteiger partial charge on any atom is -0.379 e. The summed E-state index contributed by atoms with van der Waals surface area (Å²) in [6.07, 6.45) is 1.89. The van der Waals surface area contributed by atoms with Gasteiger partial charge < -0.3 is 15.0 Å². The Labute approximate surface area is 132 Å². The third kappa shape index (κ3) is 4.80. The van der Waals surface area contributed by atoms with Crippen molar-refractivity contribution in [1.29, 1.82) is 0 Å². The Morgan fingerprint density at radius 1 is 1.23 bits per heavy atom. The molecule has 2 heterocycles. The van der Waals surface area contributed by atoms with Gasteiger partial charge in [0.1, 0.15) is 0 Å². The van der Waals surface area contributed by atoms with Gasteiger partial charge in [0.25, 0.3) is 10.2 Å². The van der Waals surface area contributed by atoms with E-state index in [1.54, 1.807) is 18.7 Å². The third-order valence-corrected chi connectivity index (χ3v) is 5.55. The highest BCUT2D eigenvalue weighted by molar-refractivity contribution is 7.87. The summed E-state index contributed by atoms with van der Waals surface area (Å²) in [5, 5.41) is 2.95. The maximum atomic E-state index is 12.2. The fourth-order valence-electron chi connectivity index (χ4n) is 2.62. The van der Waals surface area contributed by atoms with Crippen molar-refractivity contribution < 1.29 is 17.9 Å². The van der Waals surface area contributed by atoms with E-state index in [-0.39, 0.29) is 18.1 Å². The van der Waals surface area contributed by atoms with Crippen LogP contribution in [0.4, 0.5) is 4.79 Å². The SMILES string of the molecule is CC(C)NS(=O)(=O)N1CCN(C(=O)N[C@H]2CCCOC2)CC1. The van der Waals surface area contributed by atoms with Gasteiger partial charge in [-0.25, -0.2) is 4.79 Å². The maximum Gasteiger partial charge on any atom is 0.317 e. The molecule has 9 heteroatoms. The first kappa shape index (κ1) is 17.5. The topological polar surface area (TPSA) is 91.0 Å². The lowest BCUT2D eigenvalue weighted by molar-refractivity contribution is 0.0697. The number of rotatable bonds is 4. The first-order chi connectivity index (χ1) is 10.4. The summed E-state index contributed by atoms with van der Waals surface area (Å²) < 4.78 is 33.4. The lowest BCUT2D eigenvalue weighted by Gasteiger charge is -2.35. The number of nitrogens with one attached hydrogen (secondary N) is 2. The van der Waals surface area contributed by atoms with Gasteiger partial charge in [-0.05, 0) is 26.7 Å². The summed E-state index contributed by atoms with van der Waals surface area (Å²) in [7, 11) is -3.45. The highest BCUT2D eigenvalue weighted by Gasteiger charge is 2.30. The molecule has 2 rings (SSSR count). The zero-order chi connectivity index (χ0) is 16.2. The Morgan fingerprint density at radius 3 is 2.45 bits per heavy atom. The summed E-state index contributed by atoms with van der Waals surface area (Å²) in [6.45, 7) is 6.31. The van der Waals surface area contributed by atoms with E-state index < -0.39 is 10.2 Å². The number of amides is 2. The van der Waals surface area contributed by atoms with Crippen LogP contribution in [0.3, 0.4) is 0 Å². The van der Waals surface area contributed by atoms with Crippen LogP contribution in [-0.4, -0.2) is 75.1 Å². The number of carbonyl (C=O) groups excluding carboxylic acids is 1. The van der Waals surface area contributed by atoms with Gasteiger partial charge in [-0.3, -0.25) is 0 Å². The smallest absolute Gasteiger partial charge is 0.317 e. The highest BCUT2D eigenvalue weighted by Crippen LogP contribution is 2.09. The fraction of sp³-hybridized carbons (Fsp3) is 0.923. The molecule has 0 radical (unpaired) electrons. The molecular formula is C13H26N4O4S. The van der Waals surface area contributed by atoms with Gasteiger partial charge in [0, 0.05) is 38.8 Å². The molecule has 0 aromatic carbocycles. The van der Waals surface area contributed by atoms with E-state index in [1.807, 2.05) is 0 Å². The number of carbonyl (C=O) groups is 1. The fourth-order valence-corrected chi connectivity index (χ4v) is 4.01. The minimum atomic E-state index is -3.45. The van der Waals surface area contributed by atoms with Crippen molar-refractivity contribution in [3.05, 3.63) is 0 Å². The first-order valence-corrected chi connectivity index (χ1v) is 9.23. The molecule has 0 saturated carbocycles. The van der Waals surface area contributed by atoms with Crippen LogP contribution in [0.1, 0.15) is 26.7 Å². The Hall–Kier alpha value is -0.900. The van der Waals surface area contributed by atoms with Gasteiger partial charge in [-0.1, -0.05) is 0 Å². The third-order valence-electron chi connectivity index (χ3n) is 3.74. The molecule has 0 spiro atoms. The molecular weight excluding hydrogens is 308 g/mol. The summed E-state index contributed by atoms with van der Waals surface area (Å²) in [6, 6.07) is -0.215. The largest absolute Gasteiger partial charge is 0.379 e. The van der Waals surface area contributed by atoms with Crippen LogP contribution >= 0.6 is 0 Å². The van der Waals surface area contributed by atoms with Gasteiger partial charge in [-0.2, -0.15) is 17.4 Å². The van der Waals surface area contributed by atoms with Crippen molar-refractivity contribution >= 4 is 16.2 Å². The van der Waals surface area contributed by atoms with Crippen molar-refractivity contribution in [3.8, 4) is 0 Å². The van der Waals surface area contributed by atoms with Crippen LogP contribution in [-0.2, 0) is 14.9 Å². The monoisotopic (exact) mass is 334 g/mol. The second-order valence-corrected chi connectivity index (χ2v) is 7.73. The first-order valence-electron chi connectivity index (χ1n) is 7.79. The number of hydrogen-bond acceptors (Lipinski definition) is 4. The van der Waals surface area contributed by atoms with Crippen LogP contribution in [0.2, 0.25) is 0 Å². The molecule has 0 bridgehead atoms. The van der Waals surface area contributed by atoms with E-state index in [1.165, 1.54) is 4.31 Å².